The molecule has 0 aromatic rings. The summed E-state index contributed by atoms with van der Waals surface area (Å²) < 4.78 is 0. The molecule has 0 aromatic heterocycles. The minimum absolute atomic E-state index is 0.456. The molecule has 1 aliphatic rings. The Hall–Kier alpha value is -1.10. The molecule has 82 valence electrons. The minimum atomic E-state index is 0.456. The molecule has 1 heterocycles. The van der Waals surface area contributed by atoms with E-state index < -0.39 is 0 Å². The van der Waals surface area contributed by atoms with Crippen LogP contribution in [0.15, 0.2) is 25.7 Å². The van der Waals surface area contributed by atoms with Crippen LogP contribution >= 0.6 is 11.8 Å². The molecule has 0 N–H and O–H groups in total. The third-order valence-corrected chi connectivity index (χ3v) is 2.83. The third-order valence-electron chi connectivity index (χ3n) is 1.81. The molecule has 4 nitrogen and oxygen atoms in total. The molecule has 0 atom stereocenters. The van der Waals surface area contributed by atoms with Gasteiger partial charge in [-0.15, -0.1) is 11.8 Å². The van der Waals surface area contributed by atoms with Gasteiger partial charge in [-0.1, -0.05) is 13.8 Å². The van der Waals surface area contributed by atoms with Crippen LogP contribution in [0.4, 0.5) is 0 Å². The summed E-state index contributed by atoms with van der Waals surface area (Å²) in [5.74, 6) is 0.838. The van der Waals surface area contributed by atoms with Crippen molar-refractivity contribution in [2.45, 2.75) is 19.1 Å². The van der Waals surface area contributed by atoms with E-state index in [4.69, 9.17) is 0 Å². The van der Waals surface area contributed by atoms with E-state index >= 15 is 0 Å². The Balaban J connectivity index is 3.06. The predicted molar refractivity (Wildman–Crippen MR) is 68.9 cm³/mol. The lowest BCUT2D eigenvalue weighted by Gasteiger charge is -2.10. The van der Waals surface area contributed by atoms with Gasteiger partial charge in [0.1, 0.15) is 10.7 Å². The average Bonchev–Trinajstić information content (AvgIpc) is 2.55. The van der Waals surface area contributed by atoms with Gasteiger partial charge < -0.3 is 4.90 Å². The number of rotatable bonds is 3. The van der Waals surface area contributed by atoms with Gasteiger partial charge in [0.2, 0.25) is 0 Å². The van der Waals surface area contributed by atoms with E-state index in [9.17, 15) is 0 Å². The Bertz CT molecular complexity index is 341. The van der Waals surface area contributed by atoms with Crippen molar-refractivity contribution >= 4 is 30.7 Å². The van der Waals surface area contributed by atoms with Gasteiger partial charge in [-0.05, 0) is 6.72 Å². The minimum Gasteiger partial charge on any atom is -0.319 e. The van der Waals surface area contributed by atoms with E-state index in [1.165, 1.54) is 0 Å². The van der Waals surface area contributed by atoms with Crippen molar-refractivity contribution in [3.8, 4) is 0 Å². The number of hydrogen-bond donors (Lipinski definition) is 0. The van der Waals surface area contributed by atoms with Crippen LogP contribution in [0.5, 0.6) is 0 Å². The first-order valence-corrected chi connectivity index (χ1v) is 5.60. The summed E-state index contributed by atoms with van der Waals surface area (Å²) in [5, 5.41) is 1.29. The number of aliphatic imine (C=N–C) groups is 3. The maximum absolute atomic E-state index is 4.29. The molecular formula is C10H16N4S. The summed E-state index contributed by atoms with van der Waals surface area (Å²) in [5.41, 5.74) is 0.814. The molecule has 0 saturated heterocycles. The van der Waals surface area contributed by atoms with E-state index in [-0.39, 0.29) is 0 Å². The van der Waals surface area contributed by atoms with E-state index in [1.54, 1.807) is 25.1 Å². The fraction of sp³-hybridized carbons (Fsp3) is 0.500. The number of likely N-dealkylation sites (N-methyl/N-ethyl adjacent to an activating group) is 1. The van der Waals surface area contributed by atoms with Crippen molar-refractivity contribution in [2.75, 3.05) is 14.1 Å². The zero-order valence-corrected chi connectivity index (χ0v) is 10.4. The topological polar surface area (TPSA) is 40.3 Å². The Morgan fingerprint density at radius 1 is 1.60 bits per heavy atom. The van der Waals surface area contributed by atoms with Crippen LogP contribution in [-0.2, 0) is 0 Å². The highest BCUT2D eigenvalue weighted by atomic mass is 32.2. The van der Waals surface area contributed by atoms with Crippen LogP contribution in [0.1, 0.15) is 13.8 Å². The molecule has 0 aromatic carbocycles. The van der Waals surface area contributed by atoms with Crippen LogP contribution in [-0.4, -0.2) is 43.1 Å². The first-order valence-electron chi connectivity index (χ1n) is 4.72. The van der Waals surface area contributed by atoms with Crippen LogP contribution in [0.3, 0.4) is 0 Å². The molecule has 15 heavy (non-hydrogen) atoms. The molecular weight excluding hydrogens is 208 g/mol. The average molecular weight is 224 g/mol. The molecule has 0 spiro atoms. The maximum atomic E-state index is 4.29. The first kappa shape index (κ1) is 12.0. The molecule has 0 bridgehead atoms. The number of nitrogens with zero attached hydrogens (tertiary/aromatic N) is 4. The lowest BCUT2D eigenvalue weighted by molar-refractivity contribution is 0.793. The zero-order valence-electron chi connectivity index (χ0n) is 9.56. The van der Waals surface area contributed by atoms with Crippen molar-refractivity contribution < 1.29 is 0 Å². The van der Waals surface area contributed by atoms with E-state index in [0.717, 1.165) is 16.6 Å². The van der Waals surface area contributed by atoms with Crippen molar-refractivity contribution in [1.29, 1.82) is 0 Å². The lowest BCUT2D eigenvalue weighted by atomic mass is 10.4. The van der Waals surface area contributed by atoms with E-state index in [1.807, 2.05) is 11.9 Å². The van der Waals surface area contributed by atoms with Gasteiger partial charge in [0.25, 0.3) is 0 Å². The molecule has 0 radical (unpaired) electrons. The number of hydrogen-bond acceptors (Lipinski definition) is 4. The second-order valence-electron chi connectivity index (χ2n) is 3.38. The highest BCUT2D eigenvalue weighted by molar-refractivity contribution is 8.03. The van der Waals surface area contributed by atoms with Gasteiger partial charge in [-0.25, -0.2) is 4.99 Å². The predicted octanol–water partition coefficient (Wildman–Crippen LogP) is 2.00. The normalized spacial score (nSPS) is 21.7. The van der Waals surface area contributed by atoms with Gasteiger partial charge in [-0.3, -0.25) is 9.98 Å². The van der Waals surface area contributed by atoms with Crippen molar-refractivity contribution in [3.05, 3.63) is 10.7 Å². The Morgan fingerprint density at radius 2 is 2.27 bits per heavy atom. The molecule has 0 amide bonds. The van der Waals surface area contributed by atoms with Gasteiger partial charge >= 0.3 is 0 Å². The lowest BCUT2D eigenvalue weighted by Crippen LogP contribution is -2.20. The van der Waals surface area contributed by atoms with Crippen LogP contribution in [0.25, 0.3) is 0 Å². The highest BCUT2D eigenvalue weighted by Crippen LogP contribution is 2.28. The van der Waals surface area contributed by atoms with Crippen LogP contribution in [0, 0.1) is 0 Å². The van der Waals surface area contributed by atoms with Gasteiger partial charge in [-0.2, -0.15) is 0 Å². The summed E-state index contributed by atoms with van der Waals surface area (Å²) in [6, 6.07) is 0. The van der Waals surface area contributed by atoms with Crippen molar-refractivity contribution in [2.24, 2.45) is 15.0 Å². The fourth-order valence-corrected chi connectivity index (χ4v) is 2.01. The quantitative estimate of drug-likeness (QED) is 0.688. The third kappa shape index (κ3) is 2.68. The summed E-state index contributed by atoms with van der Waals surface area (Å²) >= 11 is 1.65. The van der Waals surface area contributed by atoms with Crippen LogP contribution in [0.2, 0.25) is 0 Å². The highest BCUT2D eigenvalue weighted by Gasteiger charge is 2.20. The number of amidine groups is 1. The molecule has 1 aliphatic heterocycles. The second-order valence-corrected chi connectivity index (χ2v) is 4.95. The Labute approximate surface area is 94.9 Å². The molecule has 5 heteroatoms. The van der Waals surface area contributed by atoms with Crippen molar-refractivity contribution in [3.63, 3.8) is 0 Å². The van der Waals surface area contributed by atoms with Gasteiger partial charge in [0, 0.05) is 19.3 Å². The fourth-order valence-electron chi connectivity index (χ4n) is 1.23. The largest absolute Gasteiger partial charge is 0.319 e. The van der Waals surface area contributed by atoms with E-state index in [0.29, 0.717) is 5.25 Å². The second kappa shape index (κ2) is 5.11. The standard InChI is InChI=1S/C10H16N4S/c1-7(2)15-10(12-4)8-9(11-3)14(5)6-13-8/h6-7H,4H2,1-3,5H3/b10-8-,11-9?. The monoisotopic (exact) mass is 224 g/mol. The molecule has 0 saturated carbocycles. The molecule has 0 fully saturated rings. The number of thioether (sulfide) groups is 1. The first-order chi connectivity index (χ1) is 7.10. The summed E-state index contributed by atoms with van der Waals surface area (Å²) in [6.07, 6.45) is 1.74. The summed E-state index contributed by atoms with van der Waals surface area (Å²) in [6.45, 7) is 7.80. The van der Waals surface area contributed by atoms with Crippen LogP contribution < -0.4 is 0 Å². The SMILES string of the molecule is C=N/C(SC(C)C)=C1/N=CN(C)C1=NC. The zero-order chi connectivity index (χ0) is 11.4. The summed E-state index contributed by atoms with van der Waals surface area (Å²) in [7, 11) is 3.67. The smallest absolute Gasteiger partial charge is 0.157 e. The summed E-state index contributed by atoms with van der Waals surface area (Å²) in [4.78, 5) is 14.4. The van der Waals surface area contributed by atoms with E-state index in [2.05, 4.69) is 35.5 Å². The van der Waals surface area contributed by atoms with Gasteiger partial charge in [0.15, 0.2) is 5.84 Å². The molecule has 1 rings (SSSR count). The van der Waals surface area contributed by atoms with Crippen molar-refractivity contribution in [1.82, 2.24) is 4.90 Å². The Kier molecular flexibility index (Phi) is 4.08. The molecule has 0 unspecified atom stereocenters. The molecule has 0 aliphatic carbocycles. The maximum Gasteiger partial charge on any atom is 0.157 e. The Morgan fingerprint density at radius 3 is 2.73 bits per heavy atom. The van der Waals surface area contributed by atoms with Gasteiger partial charge in [0.05, 0.1) is 6.34 Å².